The molecule has 0 bridgehead atoms. The molecule has 1 fully saturated rings. The minimum Gasteiger partial charge on any atom is -0.489 e. The normalized spacial score (nSPS) is 19.5. The van der Waals surface area contributed by atoms with E-state index in [1.54, 1.807) is 0 Å². The number of carbonyl (C=O) groups excluding carboxylic acids is 4. The number of aromatic nitrogens is 1. The highest BCUT2D eigenvalue weighted by atomic mass is 32.2. The van der Waals surface area contributed by atoms with Crippen LogP contribution in [-0.2, 0) is 28.7 Å². The Kier molecular flexibility index (Phi) is 8.35. The number of nitrogens with one attached hydrogen (secondary N) is 1. The van der Waals surface area contributed by atoms with Crippen molar-refractivity contribution in [2.24, 2.45) is 5.16 Å². The van der Waals surface area contributed by atoms with Crippen LogP contribution in [0.3, 0.4) is 0 Å². The molecular weight excluding hydrogens is 557 g/mol. The minimum absolute atomic E-state index is 0.0258. The lowest BCUT2D eigenvalue weighted by molar-refractivity contribution is -0.182. The first-order valence-corrected chi connectivity index (χ1v) is 13.2. The molecular formula is C23H22FN5O8S2. The van der Waals surface area contributed by atoms with Crippen molar-refractivity contribution < 1.29 is 43.0 Å². The molecule has 2 unspecified atom stereocenters. The average Bonchev–Trinajstić information content (AvgIpc) is 3.30. The highest BCUT2D eigenvalue weighted by molar-refractivity contribution is 8.00. The van der Waals surface area contributed by atoms with Gasteiger partial charge >= 0.3 is 11.9 Å². The van der Waals surface area contributed by atoms with Crippen LogP contribution < -0.4 is 15.8 Å². The van der Waals surface area contributed by atoms with Crippen LogP contribution in [0.15, 0.2) is 46.1 Å². The molecule has 3 heterocycles. The lowest BCUT2D eigenvalue weighted by atomic mass is 10.0. The van der Waals surface area contributed by atoms with Crippen LogP contribution in [-0.4, -0.2) is 74.6 Å². The van der Waals surface area contributed by atoms with Crippen molar-refractivity contribution >= 4 is 57.7 Å². The maximum atomic E-state index is 13.6. The van der Waals surface area contributed by atoms with Gasteiger partial charge in [0.15, 0.2) is 10.8 Å². The molecule has 39 heavy (non-hydrogen) atoms. The predicted molar refractivity (Wildman–Crippen MR) is 136 cm³/mol. The van der Waals surface area contributed by atoms with E-state index in [0.29, 0.717) is 5.57 Å². The second kappa shape index (κ2) is 11.7. The maximum absolute atomic E-state index is 13.6. The Labute approximate surface area is 228 Å². The molecule has 2 aliphatic heterocycles. The molecule has 1 aromatic carbocycles. The third-order valence-electron chi connectivity index (χ3n) is 5.42. The van der Waals surface area contributed by atoms with Crippen LogP contribution in [0, 0.1) is 5.82 Å². The van der Waals surface area contributed by atoms with Crippen LogP contribution in [0.5, 0.6) is 5.75 Å². The van der Waals surface area contributed by atoms with Gasteiger partial charge in [0, 0.05) is 36.6 Å². The third-order valence-corrected chi connectivity index (χ3v) is 7.43. The summed E-state index contributed by atoms with van der Waals surface area (Å²) < 4.78 is 29.3. The number of thiazole rings is 1. The lowest BCUT2D eigenvalue weighted by Gasteiger charge is -2.49. The van der Waals surface area contributed by atoms with E-state index in [2.05, 4.69) is 15.5 Å². The molecule has 13 nitrogen and oxygen atoms in total. The summed E-state index contributed by atoms with van der Waals surface area (Å²) in [4.78, 5) is 55.3. The van der Waals surface area contributed by atoms with Crippen molar-refractivity contribution in [2.45, 2.75) is 31.6 Å². The number of halogens is 1. The van der Waals surface area contributed by atoms with Gasteiger partial charge in [0.25, 0.3) is 11.8 Å². The van der Waals surface area contributed by atoms with Gasteiger partial charge < -0.3 is 30.5 Å². The van der Waals surface area contributed by atoms with Crippen LogP contribution >= 0.6 is 23.1 Å². The van der Waals surface area contributed by atoms with Crippen molar-refractivity contribution in [1.82, 2.24) is 15.2 Å². The SMILES string of the molecule is CC(=O)OC(C)OC(=O)C1=C(COc2cccc(F)c2)CS[C@H]2C(NC(=O)C(=NO)c3csc(N)n3)C(=O)N12. The Morgan fingerprint density at radius 2 is 2.13 bits per heavy atom. The number of amides is 2. The molecule has 206 valence electrons. The number of thioether (sulfide) groups is 1. The number of nitrogens with two attached hydrogens (primary N) is 1. The molecule has 0 saturated carbocycles. The lowest BCUT2D eigenvalue weighted by Crippen LogP contribution is -2.71. The van der Waals surface area contributed by atoms with Crippen LogP contribution in [0.4, 0.5) is 9.52 Å². The first-order chi connectivity index (χ1) is 18.6. The highest BCUT2D eigenvalue weighted by Gasteiger charge is 2.55. The average molecular weight is 580 g/mol. The van der Waals surface area contributed by atoms with Gasteiger partial charge in [-0.25, -0.2) is 14.2 Å². The largest absolute Gasteiger partial charge is 0.489 e. The summed E-state index contributed by atoms with van der Waals surface area (Å²) in [5.74, 6) is -3.29. The van der Waals surface area contributed by atoms with E-state index in [1.807, 2.05) is 0 Å². The number of benzene rings is 1. The number of oxime groups is 1. The monoisotopic (exact) mass is 579 g/mol. The topological polar surface area (TPSA) is 183 Å². The van der Waals surface area contributed by atoms with Crippen molar-refractivity contribution in [3.8, 4) is 5.75 Å². The van der Waals surface area contributed by atoms with Gasteiger partial charge in [0.1, 0.15) is 41.0 Å². The summed E-state index contributed by atoms with van der Waals surface area (Å²) in [6.07, 6.45) is -1.25. The van der Waals surface area contributed by atoms with E-state index in [-0.39, 0.29) is 34.6 Å². The number of nitrogens with zero attached hydrogens (tertiary/aromatic N) is 3. The van der Waals surface area contributed by atoms with E-state index < -0.39 is 53.0 Å². The number of nitrogen functional groups attached to an aromatic ring is 1. The number of β-lactam (4-membered cyclic amide) rings is 1. The number of ether oxygens (including phenoxy) is 3. The molecule has 16 heteroatoms. The van der Waals surface area contributed by atoms with E-state index in [1.165, 1.54) is 42.3 Å². The van der Waals surface area contributed by atoms with Gasteiger partial charge in [0.05, 0.1) is 0 Å². The van der Waals surface area contributed by atoms with Crippen LogP contribution in [0.1, 0.15) is 19.5 Å². The molecule has 3 atom stereocenters. The smallest absolute Gasteiger partial charge is 0.358 e. The van der Waals surface area contributed by atoms with E-state index >= 15 is 0 Å². The second-order valence-corrected chi connectivity index (χ2v) is 10.2. The highest BCUT2D eigenvalue weighted by Crippen LogP contribution is 2.41. The molecule has 2 aliphatic rings. The number of anilines is 1. The summed E-state index contributed by atoms with van der Waals surface area (Å²) in [7, 11) is 0. The molecule has 1 saturated heterocycles. The molecule has 2 aromatic rings. The molecule has 0 aliphatic carbocycles. The Balaban J connectivity index is 1.54. The fraction of sp³-hybridized carbons (Fsp3) is 0.304. The first kappa shape index (κ1) is 27.8. The quantitative estimate of drug-likeness (QED) is 0.0970. The van der Waals surface area contributed by atoms with Gasteiger partial charge in [-0.05, 0) is 12.1 Å². The van der Waals surface area contributed by atoms with Gasteiger partial charge in [-0.2, -0.15) is 0 Å². The summed E-state index contributed by atoms with van der Waals surface area (Å²) in [5.41, 5.74) is 5.37. The summed E-state index contributed by atoms with van der Waals surface area (Å²) in [6, 6.07) is 4.32. The van der Waals surface area contributed by atoms with Crippen molar-refractivity contribution in [3.05, 3.63) is 52.4 Å². The summed E-state index contributed by atoms with van der Waals surface area (Å²) in [6.45, 7) is 2.30. The van der Waals surface area contributed by atoms with Crippen LogP contribution in [0.25, 0.3) is 0 Å². The van der Waals surface area contributed by atoms with Gasteiger partial charge in [-0.3, -0.25) is 19.3 Å². The molecule has 4 rings (SSSR count). The summed E-state index contributed by atoms with van der Waals surface area (Å²) in [5, 5.41) is 15.7. The molecule has 0 radical (unpaired) electrons. The fourth-order valence-electron chi connectivity index (χ4n) is 3.79. The molecule has 0 spiro atoms. The van der Waals surface area contributed by atoms with Gasteiger partial charge in [0.2, 0.25) is 6.29 Å². The Bertz CT molecular complexity index is 1380. The number of esters is 2. The van der Waals surface area contributed by atoms with Crippen molar-refractivity contribution in [1.29, 1.82) is 0 Å². The Morgan fingerprint density at radius 3 is 2.77 bits per heavy atom. The number of hydrogen-bond donors (Lipinski definition) is 3. The number of hydrogen-bond acceptors (Lipinski definition) is 13. The van der Waals surface area contributed by atoms with E-state index in [4.69, 9.17) is 19.9 Å². The van der Waals surface area contributed by atoms with Crippen molar-refractivity contribution in [2.75, 3.05) is 18.1 Å². The zero-order chi connectivity index (χ0) is 28.3. The minimum atomic E-state index is -1.25. The Hall–Kier alpha value is -4.18. The fourth-order valence-corrected chi connectivity index (χ4v) is 5.67. The van der Waals surface area contributed by atoms with Gasteiger partial charge in [-0.1, -0.05) is 11.2 Å². The van der Waals surface area contributed by atoms with E-state index in [0.717, 1.165) is 29.2 Å². The van der Waals surface area contributed by atoms with Crippen molar-refractivity contribution in [3.63, 3.8) is 0 Å². The molecule has 1 aromatic heterocycles. The second-order valence-electron chi connectivity index (χ2n) is 8.16. The molecule has 2 amide bonds. The standard InChI is InChI=1S/C23H22FN5O8S2/c1-10(30)36-11(2)37-22(33)18-12(7-35-14-5-3-4-13(24)6-14)8-38-21-17(20(32)29(18)21)27-19(31)16(28-34)15-9-39-23(25)26-15/h3-6,9,11,17,21,34H,7-8H2,1-2H3,(H2,25,26)(H,27,31)/t11?,17?,21-/m0/s1. The zero-order valence-corrected chi connectivity index (χ0v) is 22.1. The Morgan fingerprint density at radius 1 is 1.36 bits per heavy atom. The zero-order valence-electron chi connectivity index (χ0n) is 20.5. The van der Waals surface area contributed by atoms with E-state index in [9.17, 15) is 28.8 Å². The summed E-state index contributed by atoms with van der Waals surface area (Å²) >= 11 is 2.27. The first-order valence-electron chi connectivity index (χ1n) is 11.3. The maximum Gasteiger partial charge on any atom is 0.358 e. The third kappa shape index (κ3) is 6.12. The number of carbonyl (C=O) groups is 4. The number of fused-ring (bicyclic) bond motifs is 1. The molecule has 4 N–H and O–H groups in total. The predicted octanol–water partition coefficient (Wildman–Crippen LogP) is 1.23. The van der Waals surface area contributed by atoms with Gasteiger partial charge in [-0.15, -0.1) is 23.1 Å². The van der Waals surface area contributed by atoms with Crippen LogP contribution in [0.2, 0.25) is 0 Å². The number of rotatable bonds is 9.